The van der Waals surface area contributed by atoms with Crippen LogP contribution in [0.2, 0.25) is 0 Å². The first-order valence-corrected chi connectivity index (χ1v) is 6.52. The van der Waals surface area contributed by atoms with Crippen LogP contribution in [0.15, 0.2) is 24.3 Å². The second-order valence-electron chi connectivity index (χ2n) is 6.10. The highest BCUT2D eigenvalue weighted by molar-refractivity contribution is 5.72. The van der Waals surface area contributed by atoms with E-state index in [0.29, 0.717) is 0 Å². The summed E-state index contributed by atoms with van der Waals surface area (Å²) in [7, 11) is 1.72. The minimum Gasteiger partial charge on any atom is -0.496 e. The van der Waals surface area contributed by atoms with Gasteiger partial charge in [-0.2, -0.15) is 0 Å². The van der Waals surface area contributed by atoms with Crippen LogP contribution < -0.4 is 10.5 Å². The summed E-state index contributed by atoms with van der Waals surface area (Å²) >= 11 is 0. The molecule has 1 aliphatic rings. The molecule has 0 radical (unpaired) electrons. The summed E-state index contributed by atoms with van der Waals surface area (Å²) in [6, 6.07) is 6.46. The predicted octanol–water partition coefficient (Wildman–Crippen LogP) is 3.53. The van der Waals surface area contributed by atoms with Gasteiger partial charge in [0.15, 0.2) is 0 Å². The van der Waals surface area contributed by atoms with Crippen molar-refractivity contribution in [2.75, 3.05) is 7.11 Å². The van der Waals surface area contributed by atoms with Gasteiger partial charge in [-0.3, -0.25) is 0 Å². The molecule has 1 aromatic carbocycles. The minimum atomic E-state index is 0.147. The van der Waals surface area contributed by atoms with E-state index in [9.17, 15) is 0 Å². The molecule has 1 atom stereocenters. The molecule has 98 valence electrons. The Balaban J connectivity index is 2.45. The number of ether oxygens (including phenoxy) is 1. The van der Waals surface area contributed by atoms with Gasteiger partial charge in [0, 0.05) is 11.6 Å². The van der Waals surface area contributed by atoms with E-state index in [1.54, 1.807) is 7.11 Å². The standard InChI is InChI=1S/C16H23NO/c1-11-5-6-15(18-4)14(7-11)12-8-13(17)10-16(2,3)9-12/h5-8,13H,9-10,17H2,1-4H3. The minimum absolute atomic E-state index is 0.147. The molecular weight excluding hydrogens is 222 g/mol. The fourth-order valence-corrected chi connectivity index (χ4v) is 2.86. The first kappa shape index (κ1) is 13.2. The van der Waals surface area contributed by atoms with E-state index < -0.39 is 0 Å². The summed E-state index contributed by atoms with van der Waals surface area (Å²) in [6.07, 6.45) is 4.30. The number of rotatable bonds is 2. The molecule has 0 amide bonds. The Labute approximate surface area is 110 Å². The first-order chi connectivity index (χ1) is 8.41. The van der Waals surface area contributed by atoms with Crippen LogP contribution in [0.3, 0.4) is 0 Å². The molecule has 0 heterocycles. The average molecular weight is 245 g/mol. The summed E-state index contributed by atoms with van der Waals surface area (Å²) < 4.78 is 5.48. The van der Waals surface area contributed by atoms with E-state index in [1.807, 2.05) is 6.07 Å². The molecule has 2 nitrogen and oxygen atoms in total. The summed E-state index contributed by atoms with van der Waals surface area (Å²) in [5.41, 5.74) is 10.2. The molecule has 0 saturated carbocycles. The van der Waals surface area contributed by atoms with Gasteiger partial charge in [-0.15, -0.1) is 0 Å². The van der Waals surface area contributed by atoms with E-state index in [2.05, 4.69) is 39.0 Å². The zero-order valence-electron chi connectivity index (χ0n) is 11.8. The Bertz CT molecular complexity index is 474. The summed E-state index contributed by atoms with van der Waals surface area (Å²) in [5, 5.41) is 0. The maximum Gasteiger partial charge on any atom is 0.126 e. The van der Waals surface area contributed by atoms with Gasteiger partial charge >= 0.3 is 0 Å². The molecule has 0 spiro atoms. The van der Waals surface area contributed by atoms with Gasteiger partial charge in [0.2, 0.25) is 0 Å². The van der Waals surface area contributed by atoms with Gasteiger partial charge in [-0.05, 0) is 42.9 Å². The van der Waals surface area contributed by atoms with Crippen molar-refractivity contribution in [1.82, 2.24) is 0 Å². The monoisotopic (exact) mass is 245 g/mol. The lowest BCUT2D eigenvalue weighted by atomic mass is 9.74. The molecule has 0 bridgehead atoms. The number of methoxy groups -OCH3 is 1. The van der Waals surface area contributed by atoms with Crippen LogP contribution in [0, 0.1) is 12.3 Å². The van der Waals surface area contributed by atoms with E-state index in [0.717, 1.165) is 18.6 Å². The van der Waals surface area contributed by atoms with Crippen LogP contribution in [0.1, 0.15) is 37.8 Å². The van der Waals surface area contributed by atoms with Crippen molar-refractivity contribution in [1.29, 1.82) is 0 Å². The Morgan fingerprint density at radius 3 is 2.67 bits per heavy atom. The normalized spacial score (nSPS) is 22.5. The summed E-state index contributed by atoms with van der Waals surface area (Å²) in [4.78, 5) is 0. The van der Waals surface area contributed by atoms with Crippen LogP contribution in [0.5, 0.6) is 5.75 Å². The van der Waals surface area contributed by atoms with Crippen LogP contribution in [0.4, 0.5) is 0 Å². The molecule has 0 fully saturated rings. The van der Waals surface area contributed by atoms with Gasteiger partial charge in [0.05, 0.1) is 7.11 Å². The van der Waals surface area contributed by atoms with Crippen molar-refractivity contribution >= 4 is 5.57 Å². The Morgan fingerprint density at radius 2 is 2.06 bits per heavy atom. The number of aryl methyl sites for hydroxylation is 1. The molecule has 0 saturated heterocycles. The van der Waals surface area contributed by atoms with Crippen LogP contribution in [-0.2, 0) is 0 Å². The van der Waals surface area contributed by atoms with E-state index in [4.69, 9.17) is 10.5 Å². The number of allylic oxidation sites excluding steroid dienone is 1. The molecule has 18 heavy (non-hydrogen) atoms. The topological polar surface area (TPSA) is 35.2 Å². The third-order valence-corrected chi connectivity index (χ3v) is 3.57. The first-order valence-electron chi connectivity index (χ1n) is 6.52. The third kappa shape index (κ3) is 2.75. The Morgan fingerprint density at radius 1 is 1.33 bits per heavy atom. The van der Waals surface area contributed by atoms with Crippen molar-refractivity contribution in [3.8, 4) is 5.75 Å². The van der Waals surface area contributed by atoms with Crippen molar-refractivity contribution < 1.29 is 4.74 Å². The summed E-state index contributed by atoms with van der Waals surface area (Å²) in [5.74, 6) is 0.941. The highest BCUT2D eigenvalue weighted by Crippen LogP contribution is 2.41. The van der Waals surface area contributed by atoms with Crippen LogP contribution in [0.25, 0.3) is 5.57 Å². The highest BCUT2D eigenvalue weighted by atomic mass is 16.5. The smallest absolute Gasteiger partial charge is 0.126 e. The second kappa shape index (κ2) is 4.77. The molecule has 0 aromatic heterocycles. The lowest BCUT2D eigenvalue weighted by Crippen LogP contribution is -2.30. The SMILES string of the molecule is COc1ccc(C)cc1C1=CC(N)CC(C)(C)C1. The molecule has 0 aliphatic heterocycles. The van der Waals surface area contributed by atoms with E-state index in [1.165, 1.54) is 16.7 Å². The van der Waals surface area contributed by atoms with Gasteiger partial charge in [0.25, 0.3) is 0 Å². The van der Waals surface area contributed by atoms with Crippen molar-refractivity contribution in [2.24, 2.45) is 11.1 Å². The van der Waals surface area contributed by atoms with Crippen molar-refractivity contribution in [3.05, 3.63) is 35.4 Å². The van der Waals surface area contributed by atoms with Crippen LogP contribution >= 0.6 is 0 Å². The third-order valence-electron chi connectivity index (χ3n) is 3.57. The molecular formula is C16H23NO. The molecule has 1 unspecified atom stereocenters. The maximum absolute atomic E-state index is 6.15. The maximum atomic E-state index is 6.15. The average Bonchev–Trinajstić information content (AvgIpc) is 2.26. The summed E-state index contributed by atoms with van der Waals surface area (Å²) in [6.45, 7) is 6.67. The lowest BCUT2D eigenvalue weighted by Gasteiger charge is -2.33. The number of nitrogens with two attached hydrogens (primary N) is 1. The van der Waals surface area contributed by atoms with Gasteiger partial charge in [-0.1, -0.05) is 31.6 Å². The Kier molecular flexibility index (Phi) is 3.49. The quantitative estimate of drug-likeness (QED) is 0.865. The van der Waals surface area contributed by atoms with Crippen molar-refractivity contribution in [2.45, 2.75) is 39.7 Å². The number of hydrogen-bond acceptors (Lipinski definition) is 2. The lowest BCUT2D eigenvalue weighted by molar-refractivity contribution is 0.318. The van der Waals surface area contributed by atoms with Gasteiger partial charge in [-0.25, -0.2) is 0 Å². The molecule has 1 aliphatic carbocycles. The number of benzene rings is 1. The van der Waals surface area contributed by atoms with Crippen LogP contribution in [-0.4, -0.2) is 13.2 Å². The van der Waals surface area contributed by atoms with Crippen molar-refractivity contribution in [3.63, 3.8) is 0 Å². The Hall–Kier alpha value is -1.28. The van der Waals surface area contributed by atoms with E-state index >= 15 is 0 Å². The molecule has 2 N–H and O–H groups in total. The zero-order valence-corrected chi connectivity index (χ0v) is 11.8. The molecule has 1 aromatic rings. The predicted molar refractivity (Wildman–Crippen MR) is 76.7 cm³/mol. The molecule has 2 heteroatoms. The zero-order chi connectivity index (χ0) is 13.3. The highest BCUT2D eigenvalue weighted by Gasteiger charge is 2.28. The second-order valence-corrected chi connectivity index (χ2v) is 6.10. The number of hydrogen-bond donors (Lipinski definition) is 1. The van der Waals surface area contributed by atoms with Gasteiger partial charge < -0.3 is 10.5 Å². The largest absolute Gasteiger partial charge is 0.496 e. The molecule has 2 rings (SSSR count). The van der Waals surface area contributed by atoms with Gasteiger partial charge in [0.1, 0.15) is 5.75 Å². The van der Waals surface area contributed by atoms with E-state index in [-0.39, 0.29) is 11.5 Å². The fourth-order valence-electron chi connectivity index (χ4n) is 2.86. The fraction of sp³-hybridized carbons (Fsp3) is 0.500.